The first-order valence-corrected chi connectivity index (χ1v) is 10.7. The molecule has 0 aliphatic rings. The average Bonchev–Trinajstić information content (AvgIpc) is 2.46. The van der Waals surface area contributed by atoms with Crippen molar-refractivity contribution in [3.63, 3.8) is 0 Å². The zero-order valence-corrected chi connectivity index (χ0v) is 18.8. The summed E-state index contributed by atoms with van der Waals surface area (Å²) in [6, 6.07) is 0. The molecule has 1 atom stereocenters. The third-order valence-electron chi connectivity index (χ3n) is 3.90. The van der Waals surface area contributed by atoms with Gasteiger partial charge < -0.3 is 4.89 Å². The Morgan fingerprint density at radius 3 is 1.59 bits per heavy atom. The molecule has 1 N–H and O–H groups in total. The first-order valence-electron chi connectivity index (χ1n) is 9.14. The van der Waals surface area contributed by atoms with Crippen LogP contribution in [0.25, 0.3) is 0 Å². The second kappa shape index (κ2) is 22.3. The molecule has 0 saturated carbocycles. The molecule has 0 fully saturated rings. The topological polar surface area (TPSA) is 37.3 Å². The van der Waals surface area contributed by atoms with E-state index in [0.717, 1.165) is 12.8 Å². The van der Waals surface area contributed by atoms with Crippen LogP contribution in [0.2, 0.25) is 0 Å². The van der Waals surface area contributed by atoms with Gasteiger partial charge in [0.1, 0.15) is 0 Å². The SMILES string of the molecule is CCCCCCCC/C=C\CCCCCCCC[PH](=O)O.[Nd]. The molecule has 0 heterocycles. The van der Waals surface area contributed by atoms with Gasteiger partial charge >= 0.3 is 0 Å². The summed E-state index contributed by atoms with van der Waals surface area (Å²) < 4.78 is 10.5. The quantitative estimate of drug-likeness (QED) is 0.162. The normalized spacial score (nSPS) is 12.5. The third-order valence-corrected chi connectivity index (χ3v) is 4.68. The largest absolute Gasteiger partial charge is 0.346 e. The van der Waals surface area contributed by atoms with Gasteiger partial charge in [0.2, 0.25) is 0 Å². The Kier molecular flexibility index (Phi) is 25.8. The minimum atomic E-state index is -2.21. The molecule has 130 valence electrons. The molecule has 0 aliphatic carbocycles. The van der Waals surface area contributed by atoms with E-state index >= 15 is 0 Å². The Hall–Kier alpha value is 1.28. The summed E-state index contributed by atoms with van der Waals surface area (Å²) in [7, 11) is -2.21. The van der Waals surface area contributed by atoms with Gasteiger partial charge in [-0.3, -0.25) is 4.57 Å². The molecule has 0 aromatic rings. The number of allylic oxidation sites excluding steroid dienone is 2. The van der Waals surface area contributed by atoms with Gasteiger partial charge in [-0.25, -0.2) is 0 Å². The summed E-state index contributed by atoms with van der Waals surface area (Å²) in [6.07, 6.45) is 23.1. The van der Waals surface area contributed by atoms with Crippen molar-refractivity contribution in [3.8, 4) is 0 Å². The first kappa shape index (κ1) is 25.5. The molecule has 0 bridgehead atoms. The predicted molar refractivity (Wildman–Crippen MR) is 95.5 cm³/mol. The third kappa shape index (κ3) is 23.5. The van der Waals surface area contributed by atoms with E-state index in [1.165, 1.54) is 77.0 Å². The molecule has 0 aromatic heterocycles. The Labute approximate surface area is 172 Å². The average molecular weight is 461 g/mol. The smallest absolute Gasteiger partial charge is 0.189 e. The van der Waals surface area contributed by atoms with E-state index in [4.69, 9.17) is 4.89 Å². The fourth-order valence-electron chi connectivity index (χ4n) is 2.52. The summed E-state index contributed by atoms with van der Waals surface area (Å²) in [5.41, 5.74) is 0. The Balaban J connectivity index is 0. The zero-order valence-electron chi connectivity index (χ0n) is 14.6. The van der Waals surface area contributed by atoms with E-state index in [0.29, 0.717) is 6.16 Å². The molecule has 2 nitrogen and oxygen atoms in total. The van der Waals surface area contributed by atoms with Crippen LogP contribution in [0.5, 0.6) is 0 Å². The van der Waals surface area contributed by atoms with E-state index in [1.54, 1.807) is 0 Å². The second-order valence-corrected chi connectivity index (χ2v) is 7.37. The summed E-state index contributed by atoms with van der Waals surface area (Å²) in [5.74, 6) is 0. The van der Waals surface area contributed by atoms with Crippen LogP contribution in [0.3, 0.4) is 0 Å². The fraction of sp³-hybridized carbons (Fsp3) is 0.889. The van der Waals surface area contributed by atoms with Crippen LogP contribution < -0.4 is 0 Å². The molecule has 0 spiro atoms. The maximum absolute atomic E-state index is 10.5. The number of hydrogen-bond donors (Lipinski definition) is 1. The molecule has 0 aromatic carbocycles. The van der Waals surface area contributed by atoms with Crippen LogP contribution in [-0.4, -0.2) is 11.1 Å². The second-order valence-electron chi connectivity index (χ2n) is 6.08. The first-order chi connectivity index (χ1) is 10.3. The standard InChI is InChI=1S/C18H37O2P.Nd/c1-2-3-4-5-6-7-8-9-10-11-12-13-14-15-16-17-18-21(19)20;/h9-10,21H,2-8,11-18H2,1H3,(H,19,20);/b10-9-;. The van der Waals surface area contributed by atoms with Crippen molar-refractivity contribution in [2.24, 2.45) is 0 Å². The molecule has 1 unspecified atom stereocenters. The van der Waals surface area contributed by atoms with Crippen LogP contribution in [0.1, 0.15) is 96.8 Å². The zero-order chi connectivity index (χ0) is 15.6. The van der Waals surface area contributed by atoms with Gasteiger partial charge in [0.15, 0.2) is 8.03 Å². The molecule has 22 heavy (non-hydrogen) atoms. The van der Waals surface area contributed by atoms with Crippen LogP contribution in [0.15, 0.2) is 12.2 Å². The number of rotatable bonds is 16. The Morgan fingerprint density at radius 1 is 0.727 bits per heavy atom. The Morgan fingerprint density at radius 2 is 1.14 bits per heavy atom. The molecule has 0 rings (SSSR count). The van der Waals surface area contributed by atoms with Crippen LogP contribution in [-0.2, 0) is 4.57 Å². The van der Waals surface area contributed by atoms with Gasteiger partial charge in [-0.1, -0.05) is 76.9 Å². The van der Waals surface area contributed by atoms with Crippen LogP contribution >= 0.6 is 8.03 Å². The van der Waals surface area contributed by atoms with Crippen molar-refractivity contribution < 1.29 is 50.3 Å². The predicted octanol–water partition coefficient (Wildman–Crippen LogP) is 6.49. The van der Waals surface area contributed by atoms with Crippen LogP contribution in [0, 0.1) is 40.8 Å². The number of unbranched alkanes of at least 4 members (excludes halogenated alkanes) is 12. The minimum absolute atomic E-state index is 0. The summed E-state index contributed by atoms with van der Waals surface area (Å²) in [4.78, 5) is 8.71. The summed E-state index contributed by atoms with van der Waals surface area (Å²) in [5, 5.41) is 0. The van der Waals surface area contributed by atoms with E-state index < -0.39 is 8.03 Å². The molecule has 0 amide bonds. The molecule has 0 saturated heterocycles. The van der Waals surface area contributed by atoms with E-state index in [9.17, 15) is 4.57 Å². The van der Waals surface area contributed by atoms with Crippen molar-refractivity contribution in [1.82, 2.24) is 0 Å². The van der Waals surface area contributed by atoms with Crippen molar-refractivity contribution in [2.75, 3.05) is 6.16 Å². The number of hydrogen-bond acceptors (Lipinski definition) is 1. The van der Waals surface area contributed by atoms with Crippen LogP contribution in [0.4, 0.5) is 0 Å². The van der Waals surface area contributed by atoms with Gasteiger partial charge in [0.25, 0.3) is 0 Å². The van der Waals surface area contributed by atoms with E-state index in [-0.39, 0.29) is 40.8 Å². The minimum Gasteiger partial charge on any atom is -0.346 e. The summed E-state index contributed by atoms with van der Waals surface area (Å²) >= 11 is 0. The molecule has 0 radical (unpaired) electrons. The Bertz CT molecular complexity index is 257. The molecule has 0 aliphatic heterocycles. The van der Waals surface area contributed by atoms with Gasteiger partial charge in [0.05, 0.1) is 0 Å². The van der Waals surface area contributed by atoms with E-state index in [1.807, 2.05) is 0 Å². The van der Waals surface area contributed by atoms with Crippen molar-refractivity contribution in [3.05, 3.63) is 12.2 Å². The van der Waals surface area contributed by atoms with Crippen molar-refractivity contribution in [2.45, 2.75) is 96.8 Å². The van der Waals surface area contributed by atoms with Gasteiger partial charge in [0, 0.05) is 47.0 Å². The maximum Gasteiger partial charge on any atom is 0.189 e. The molecule has 4 heteroatoms. The van der Waals surface area contributed by atoms with E-state index in [2.05, 4.69) is 19.1 Å². The van der Waals surface area contributed by atoms with Crippen molar-refractivity contribution >= 4 is 8.03 Å². The van der Waals surface area contributed by atoms with Crippen molar-refractivity contribution in [1.29, 1.82) is 0 Å². The monoisotopic (exact) mass is 458 g/mol. The molecular weight excluding hydrogens is 423 g/mol. The summed E-state index contributed by atoms with van der Waals surface area (Å²) in [6.45, 7) is 2.26. The molecular formula is C18H37NdO2P. The fourth-order valence-corrected chi connectivity index (χ4v) is 3.08. The maximum atomic E-state index is 10.5. The van der Waals surface area contributed by atoms with Gasteiger partial charge in [-0.15, -0.1) is 0 Å². The van der Waals surface area contributed by atoms with Gasteiger partial charge in [-0.05, 0) is 32.1 Å². The van der Waals surface area contributed by atoms with Gasteiger partial charge in [-0.2, -0.15) is 0 Å².